The highest BCUT2D eigenvalue weighted by Gasteiger charge is 2.11. The Labute approximate surface area is 96.9 Å². The van der Waals surface area contributed by atoms with E-state index in [-0.39, 0.29) is 0 Å². The molecule has 0 saturated carbocycles. The number of alkyl halides is 1. The summed E-state index contributed by atoms with van der Waals surface area (Å²) in [6.07, 6.45) is 8.39. The number of nitrogens with zero attached hydrogens (tertiary/aromatic N) is 1. The average molecular weight is 270 g/mol. The van der Waals surface area contributed by atoms with Crippen molar-refractivity contribution >= 4 is 27.3 Å². The number of hydrogen-bond acceptors (Lipinski definition) is 2. The molecule has 14 heavy (non-hydrogen) atoms. The number of aryl methyl sites for hydroxylation is 1. The summed E-state index contributed by atoms with van der Waals surface area (Å²) in [4.78, 5) is 5.38. The second kappa shape index (κ2) is 4.32. The van der Waals surface area contributed by atoms with Crippen molar-refractivity contribution < 1.29 is 0 Å². The lowest BCUT2D eigenvalue weighted by Gasteiger charge is -2.25. The lowest BCUT2D eigenvalue weighted by Crippen LogP contribution is -2.24. The number of hydrogen-bond donors (Lipinski definition) is 0. The van der Waals surface area contributed by atoms with Crippen molar-refractivity contribution in [1.82, 2.24) is 4.90 Å². The predicted molar refractivity (Wildman–Crippen MR) is 65.6 cm³/mol. The smallest absolute Gasteiger partial charge is 0.103 e. The molecule has 3 heteroatoms. The van der Waals surface area contributed by atoms with Crippen LogP contribution in [-0.2, 0) is 6.54 Å². The van der Waals surface area contributed by atoms with Crippen LogP contribution in [0.1, 0.15) is 9.75 Å². The zero-order valence-corrected chi connectivity index (χ0v) is 10.4. The van der Waals surface area contributed by atoms with Crippen LogP contribution in [-0.4, -0.2) is 9.85 Å². The summed E-state index contributed by atoms with van der Waals surface area (Å²) in [6.45, 7) is 3.13. The van der Waals surface area contributed by atoms with Crippen LogP contribution in [0.3, 0.4) is 0 Å². The van der Waals surface area contributed by atoms with Gasteiger partial charge in [-0.1, -0.05) is 28.1 Å². The first-order chi connectivity index (χ1) is 6.75. The van der Waals surface area contributed by atoms with Crippen LogP contribution in [0.4, 0.5) is 0 Å². The molecule has 0 amide bonds. The number of thiophene rings is 1. The molecule has 1 nitrogen and oxygen atoms in total. The summed E-state index contributed by atoms with van der Waals surface area (Å²) in [5.41, 5.74) is 0. The molecule has 1 unspecified atom stereocenters. The van der Waals surface area contributed by atoms with Crippen molar-refractivity contribution in [2.75, 3.05) is 0 Å². The standard InChI is InChI=1S/C11H12BrNS/c1-9-5-6-10(14-9)8-13-7-3-2-4-11(13)12/h2-7,11H,8H2,1H3. The minimum Gasteiger partial charge on any atom is -0.356 e. The molecule has 0 spiro atoms. The van der Waals surface area contributed by atoms with Gasteiger partial charge in [-0.05, 0) is 25.1 Å². The van der Waals surface area contributed by atoms with E-state index in [1.165, 1.54) is 9.75 Å². The maximum Gasteiger partial charge on any atom is 0.103 e. The third kappa shape index (κ3) is 2.28. The van der Waals surface area contributed by atoms with Crippen LogP contribution >= 0.6 is 27.3 Å². The Bertz CT molecular complexity index is 367. The summed E-state index contributed by atoms with van der Waals surface area (Å²) in [5, 5.41) is 0. The second-order valence-electron chi connectivity index (χ2n) is 3.28. The maximum absolute atomic E-state index is 3.61. The van der Waals surface area contributed by atoms with Gasteiger partial charge in [-0.15, -0.1) is 11.3 Å². The highest BCUT2D eigenvalue weighted by molar-refractivity contribution is 9.09. The SMILES string of the molecule is Cc1ccc(CN2C=CC=CC2Br)s1. The van der Waals surface area contributed by atoms with Gasteiger partial charge in [-0.2, -0.15) is 0 Å². The fourth-order valence-corrected chi connectivity index (χ4v) is 2.76. The molecule has 74 valence electrons. The number of halogens is 1. The van der Waals surface area contributed by atoms with Crippen molar-refractivity contribution in [1.29, 1.82) is 0 Å². The number of allylic oxidation sites excluding steroid dienone is 2. The minimum absolute atomic E-state index is 0.329. The lowest BCUT2D eigenvalue weighted by molar-refractivity contribution is 0.389. The molecule has 0 saturated heterocycles. The average Bonchev–Trinajstić information content (AvgIpc) is 2.56. The molecule has 1 aromatic rings. The topological polar surface area (TPSA) is 3.24 Å². The van der Waals surface area contributed by atoms with E-state index in [2.05, 4.69) is 64.3 Å². The Morgan fingerprint density at radius 3 is 2.93 bits per heavy atom. The fraction of sp³-hybridized carbons (Fsp3) is 0.273. The molecule has 1 aromatic heterocycles. The fourth-order valence-electron chi connectivity index (χ4n) is 1.40. The molecule has 0 bridgehead atoms. The largest absolute Gasteiger partial charge is 0.356 e. The lowest BCUT2D eigenvalue weighted by atomic mass is 10.3. The molecular weight excluding hydrogens is 258 g/mol. The monoisotopic (exact) mass is 269 g/mol. The summed E-state index contributed by atoms with van der Waals surface area (Å²) in [5.74, 6) is 0. The summed E-state index contributed by atoms with van der Waals surface area (Å²) >= 11 is 5.47. The molecule has 0 aliphatic carbocycles. The van der Waals surface area contributed by atoms with Crippen molar-refractivity contribution in [2.24, 2.45) is 0 Å². The van der Waals surface area contributed by atoms with E-state index < -0.39 is 0 Å². The Kier molecular flexibility index (Phi) is 3.08. The maximum atomic E-state index is 3.61. The van der Waals surface area contributed by atoms with E-state index in [0.29, 0.717) is 4.95 Å². The van der Waals surface area contributed by atoms with Crippen molar-refractivity contribution in [3.63, 3.8) is 0 Å². The van der Waals surface area contributed by atoms with E-state index >= 15 is 0 Å². The van der Waals surface area contributed by atoms with Gasteiger partial charge < -0.3 is 4.90 Å². The minimum atomic E-state index is 0.329. The Morgan fingerprint density at radius 1 is 1.43 bits per heavy atom. The predicted octanol–water partition coefficient (Wildman–Crippen LogP) is 3.66. The quantitative estimate of drug-likeness (QED) is 0.585. The third-order valence-corrected chi connectivity index (χ3v) is 3.93. The van der Waals surface area contributed by atoms with E-state index in [9.17, 15) is 0 Å². The van der Waals surface area contributed by atoms with Crippen molar-refractivity contribution in [2.45, 2.75) is 18.4 Å². The highest BCUT2D eigenvalue weighted by atomic mass is 79.9. The van der Waals surface area contributed by atoms with E-state index in [1.807, 2.05) is 11.3 Å². The van der Waals surface area contributed by atoms with E-state index in [0.717, 1.165) is 6.54 Å². The molecule has 1 aliphatic rings. The number of rotatable bonds is 2. The van der Waals surface area contributed by atoms with Gasteiger partial charge in [0.1, 0.15) is 4.95 Å². The second-order valence-corrected chi connectivity index (χ2v) is 5.59. The van der Waals surface area contributed by atoms with Crippen LogP contribution in [0.5, 0.6) is 0 Å². The van der Waals surface area contributed by atoms with Gasteiger partial charge in [0.25, 0.3) is 0 Å². The van der Waals surface area contributed by atoms with Gasteiger partial charge in [0.05, 0.1) is 6.54 Å². The van der Waals surface area contributed by atoms with Crippen LogP contribution in [0.2, 0.25) is 0 Å². The molecule has 0 radical (unpaired) electrons. The highest BCUT2D eigenvalue weighted by Crippen LogP contribution is 2.22. The first kappa shape index (κ1) is 9.99. The summed E-state index contributed by atoms with van der Waals surface area (Å²) in [6, 6.07) is 4.37. The van der Waals surface area contributed by atoms with Gasteiger partial charge in [-0.25, -0.2) is 0 Å². The van der Waals surface area contributed by atoms with Crippen molar-refractivity contribution in [3.8, 4) is 0 Å². The van der Waals surface area contributed by atoms with Crippen LogP contribution < -0.4 is 0 Å². The van der Waals surface area contributed by atoms with Gasteiger partial charge >= 0.3 is 0 Å². The van der Waals surface area contributed by atoms with Gasteiger partial charge in [0.15, 0.2) is 0 Å². The summed E-state index contributed by atoms with van der Waals surface area (Å²) in [7, 11) is 0. The van der Waals surface area contributed by atoms with Crippen molar-refractivity contribution in [3.05, 3.63) is 46.3 Å². The van der Waals surface area contributed by atoms with Gasteiger partial charge in [0, 0.05) is 16.0 Å². The third-order valence-electron chi connectivity index (χ3n) is 2.11. The first-order valence-corrected chi connectivity index (χ1v) is 6.29. The molecule has 1 atom stereocenters. The molecule has 2 rings (SSSR count). The van der Waals surface area contributed by atoms with Crippen LogP contribution in [0, 0.1) is 6.92 Å². The molecule has 0 N–H and O–H groups in total. The Balaban J connectivity index is 2.04. The zero-order valence-electron chi connectivity index (χ0n) is 7.98. The Hall–Kier alpha value is -0.540. The molecule has 0 aromatic carbocycles. The zero-order chi connectivity index (χ0) is 9.97. The van der Waals surface area contributed by atoms with E-state index in [4.69, 9.17) is 0 Å². The van der Waals surface area contributed by atoms with Crippen LogP contribution in [0.15, 0.2) is 36.6 Å². The first-order valence-electron chi connectivity index (χ1n) is 4.56. The summed E-state index contributed by atoms with van der Waals surface area (Å²) < 4.78 is 0. The molecule has 0 fully saturated rings. The normalized spacial score (nSPS) is 20.4. The molecule has 1 aliphatic heterocycles. The Morgan fingerprint density at radius 2 is 2.29 bits per heavy atom. The van der Waals surface area contributed by atoms with Gasteiger partial charge in [0.2, 0.25) is 0 Å². The van der Waals surface area contributed by atoms with Gasteiger partial charge in [-0.3, -0.25) is 0 Å². The molecular formula is C11H12BrNS. The van der Waals surface area contributed by atoms with E-state index in [1.54, 1.807) is 0 Å². The van der Waals surface area contributed by atoms with Crippen LogP contribution in [0.25, 0.3) is 0 Å². The molecule has 2 heterocycles.